The third kappa shape index (κ3) is 2.89. The summed E-state index contributed by atoms with van der Waals surface area (Å²) in [6.45, 7) is 5.64. The molecule has 1 N–H and O–H groups in total. The van der Waals surface area contributed by atoms with Gasteiger partial charge in [-0.15, -0.1) is 0 Å². The third-order valence-electron chi connectivity index (χ3n) is 4.06. The van der Waals surface area contributed by atoms with Gasteiger partial charge in [-0.2, -0.15) is 8.42 Å². The predicted octanol–water partition coefficient (Wildman–Crippen LogP) is 1.83. The molecule has 0 fully saturated rings. The normalized spacial score (nSPS) is 19.8. The first kappa shape index (κ1) is 16.5. The van der Waals surface area contributed by atoms with E-state index in [1.54, 1.807) is 16.7 Å². The van der Waals surface area contributed by atoms with E-state index >= 15 is 0 Å². The average molecular weight is 349 g/mol. The number of nitrogens with one attached hydrogen (secondary N) is 1. The second-order valence-electron chi connectivity index (χ2n) is 6.09. The van der Waals surface area contributed by atoms with E-state index in [1.165, 1.54) is 12.5 Å². The lowest BCUT2D eigenvalue weighted by Gasteiger charge is -2.14. The number of fused-ring (bicyclic) bond motifs is 1. The van der Waals surface area contributed by atoms with Crippen LogP contribution in [0.2, 0.25) is 0 Å². The third-order valence-corrected chi connectivity index (χ3v) is 5.29. The van der Waals surface area contributed by atoms with Crippen LogP contribution in [0.5, 0.6) is 5.75 Å². The van der Waals surface area contributed by atoms with Gasteiger partial charge in [0.25, 0.3) is 15.9 Å². The van der Waals surface area contributed by atoms with Gasteiger partial charge in [0.15, 0.2) is 11.1 Å². The van der Waals surface area contributed by atoms with Crippen molar-refractivity contribution in [3.63, 3.8) is 0 Å². The Bertz CT molecular complexity index is 873. The lowest BCUT2D eigenvalue weighted by atomic mass is 9.97. The van der Waals surface area contributed by atoms with Crippen molar-refractivity contribution in [1.29, 1.82) is 0 Å². The number of amides is 1. The maximum Gasteiger partial charge on any atom is 0.283 e. The summed E-state index contributed by atoms with van der Waals surface area (Å²) in [6.07, 6.45) is 1.94. The number of sulfonamides is 1. The molecule has 0 unspecified atom stereocenters. The zero-order valence-corrected chi connectivity index (χ0v) is 14.4. The molecule has 0 radical (unpaired) electrons. The minimum Gasteiger partial charge on any atom is -0.480 e. The molecule has 0 saturated carbocycles. The van der Waals surface area contributed by atoms with Crippen LogP contribution >= 0.6 is 0 Å². The summed E-state index contributed by atoms with van der Waals surface area (Å²) in [5.41, 5.74) is 0.888. The second kappa shape index (κ2) is 5.94. The van der Waals surface area contributed by atoms with Gasteiger partial charge >= 0.3 is 0 Å². The Balaban J connectivity index is 1.77. The molecule has 1 aromatic heterocycles. The fraction of sp³-hybridized carbons (Fsp3) is 0.375. The fourth-order valence-corrected chi connectivity index (χ4v) is 3.56. The lowest BCUT2D eigenvalue weighted by Crippen LogP contribution is -2.42. The first-order valence-corrected chi connectivity index (χ1v) is 9.13. The Morgan fingerprint density at radius 3 is 2.67 bits per heavy atom. The summed E-state index contributed by atoms with van der Waals surface area (Å²) >= 11 is 0. The van der Waals surface area contributed by atoms with Crippen LogP contribution in [0.25, 0.3) is 0 Å². The monoisotopic (exact) mass is 349 g/mol. The van der Waals surface area contributed by atoms with Crippen LogP contribution in [0.4, 0.5) is 0 Å². The van der Waals surface area contributed by atoms with E-state index in [0.29, 0.717) is 5.75 Å². The van der Waals surface area contributed by atoms with E-state index in [1.807, 2.05) is 32.9 Å². The van der Waals surface area contributed by atoms with Crippen molar-refractivity contribution >= 4 is 15.9 Å². The second-order valence-corrected chi connectivity index (χ2v) is 7.72. The number of ether oxygens (including phenoxy) is 1. The summed E-state index contributed by atoms with van der Waals surface area (Å²) in [5.74, 6) is -0.325. The molecule has 1 aromatic carbocycles. The minimum absolute atomic E-state index is 0.0739. The standard InChI is InChI=1S/C16H19N3O4S/c1-10(2)19-8-14(17-9-19)24(21,22)18-16(20)15-11(3)12-6-4-5-7-13(12)23-15/h4-11,15H,1-3H3,(H,18,20)/t11-,15+/m1/s1. The van der Waals surface area contributed by atoms with Gasteiger partial charge < -0.3 is 9.30 Å². The van der Waals surface area contributed by atoms with Crippen LogP contribution in [-0.4, -0.2) is 30.0 Å². The highest BCUT2D eigenvalue weighted by Crippen LogP contribution is 2.37. The van der Waals surface area contributed by atoms with Crippen LogP contribution in [0.15, 0.2) is 41.8 Å². The molecule has 2 atom stereocenters. The van der Waals surface area contributed by atoms with Gasteiger partial charge in [-0.1, -0.05) is 25.1 Å². The number of nitrogens with zero attached hydrogens (tertiary/aromatic N) is 2. The van der Waals surface area contributed by atoms with Crippen LogP contribution in [0.3, 0.4) is 0 Å². The molecule has 3 rings (SSSR count). The Morgan fingerprint density at radius 2 is 2.04 bits per heavy atom. The SMILES string of the molecule is CC(C)n1cnc(S(=O)(=O)NC(=O)[C@H]2Oc3ccccc3[C@H]2C)c1. The molecule has 128 valence electrons. The highest BCUT2D eigenvalue weighted by Gasteiger charge is 2.38. The highest BCUT2D eigenvalue weighted by molar-refractivity contribution is 7.90. The minimum atomic E-state index is -4.03. The van der Waals surface area contributed by atoms with Crippen molar-refractivity contribution in [2.75, 3.05) is 0 Å². The van der Waals surface area contributed by atoms with E-state index in [9.17, 15) is 13.2 Å². The fourth-order valence-electron chi connectivity index (χ4n) is 2.63. The Hall–Kier alpha value is -2.35. The molecule has 24 heavy (non-hydrogen) atoms. The Labute approximate surface area is 140 Å². The van der Waals surface area contributed by atoms with Crippen LogP contribution in [-0.2, 0) is 14.8 Å². The largest absolute Gasteiger partial charge is 0.480 e. The molecule has 7 nitrogen and oxygen atoms in total. The molecule has 1 aliphatic rings. The Kier molecular flexibility index (Phi) is 4.08. The molecular formula is C16H19N3O4S. The van der Waals surface area contributed by atoms with Crippen molar-refractivity contribution in [3.8, 4) is 5.75 Å². The van der Waals surface area contributed by atoms with Gasteiger partial charge in [-0.25, -0.2) is 9.71 Å². The van der Waals surface area contributed by atoms with Crippen molar-refractivity contribution in [3.05, 3.63) is 42.4 Å². The number of carbonyl (C=O) groups is 1. The number of aromatic nitrogens is 2. The van der Waals surface area contributed by atoms with Gasteiger partial charge in [-0.3, -0.25) is 4.79 Å². The predicted molar refractivity (Wildman–Crippen MR) is 87.2 cm³/mol. The van der Waals surface area contributed by atoms with Crippen LogP contribution < -0.4 is 9.46 Å². The zero-order valence-electron chi connectivity index (χ0n) is 13.6. The number of imidazole rings is 1. The summed E-state index contributed by atoms with van der Waals surface area (Å²) in [4.78, 5) is 16.3. The number of benzene rings is 1. The summed E-state index contributed by atoms with van der Waals surface area (Å²) in [7, 11) is -4.03. The summed E-state index contributed by atoms with van der Waals surface area (Å²) in [6, 6.07) is 7.37. The number of rotatable bonds is 4. The molecule has 2 heterocycles. The first-order chi connectivity index (χ1) is 11.3. The number of hydrogen-bond acceptors (Lipinski definition) is 5. The molecule has 0 bridgehead atoms. The lowest BCUT2D eigenvalue weighted by molar-refractivity contribution is -0.126. The molecule has 8 heteroatoms. The topological polar surface area (TPSA) is 90.3 Å². The van der Waals surface area contributed by atoms with Crippen molar-refractivity contribution in [2.45, 2.75) is 43.9 Å². The molecule has 0 spiro atoms. The van der Waals surface area contributed by atoms with Crippen LogP contribution in [0, 0.1) is 0 Å². The van der Waals surface area contributed by atoms with Crippen LogP contribution in [0.1, 0.15) is 38.3 Å². The zero-order chi connectivity index (χ0) is 17.5. The van der Waals surface area contributed by atoms with Crippen molar-refractivity contribution in [1.82, 2.24) is 14.3 Å². The van der Waals surface area contributed by atoms with E-state index in [0.717, 1.165) is 5.56 Å². The van der Waals surface area contributed by atoms with Crippen molar-refractivity contribution < 1.29 is 17.9 Å². The number of para-hydroxylation sites is 1. The average Bonchev–Trinajstić information content (AvgIpc) is 3.13. The smallest absolute Gasteiger partial charge is 0.283 e. The number of carbonyl (C=O) groups excluding carboxylic acids is 1. The Morgan fingerprint density at radius 1 is 1.33 bits per heavy atom. The molecule has 0 saturated heterocycles. The molecular weight excluding hydrogens is 330 g/mol. The van der Waals surface area contributed by atoms with Gasteiger partial charge in [0, 0.05) is 23.7 Å². The van der Waals surface area contributed by atoms with Gasteiger partial charge in [0.2, 0.25) is 0 Å². The molecule has 1 amide bonds. The molecule has 0 aliphatic carbocycles. The van der Waals surface area contributed by atoms with E-state index in [2.05, 4.69) is 9.71 Å². The first-order valence-electron chi connectivity index (χ1n) is 7.65. The number of hydrogen-bond donors (Lipinski definition) is 1. The van der Waals surface area contributed by atoms with Gasteiger partial charge in [0.05, 0.1) is 6.33 Å². The van der Waals surface area contributed by atoms with Gasteiger partial charge in [0.1, 0.15) is 5.75 Å². The maximum atomic E-state index is 12.4. The maximum absolute atomic E-state index is 12.4. The summed E-state index contributed by atoms with van der Waals surface area (Å²) in [5, 5.41) is -0.187. The molecule has 2 aromatic rings. The van der Waals surface area contributed by atoms with E-state index in [-0.39, 0.29) is 17.0 Å². The van der Waals surface area contributed by atoms with Gasteiger partial charge in [-0.05, 0) is 19.9 Å². The highest BCUT2D eigenvalue weighted by atomic mass is 32.2. The van der Waals surface area contributed by atoms with E-state index in [4.69, 9.17) is 4.74 Å². The quantitative estimate of drug-likeness (QED) is 0.909. The van der Waals surface area contributed by atoms with E-state index < -0.39 is 22.0 Å². The summed E-state index contributed by atoms with van der Waals surface area (Å²) < 4.78 is 34.0. The van der Waals surface area contributed by atoms with Crippen molar-refractivity contribution in [2.24, 2.45) is 0 Å². The molecule has 1 aliphatic heterocycles.